The summed E-state index contributed by atoms with van der Waals surface area (Å²) in [6.07, 6.45) is 0. The van der Waals surface area contributed by atoms with Crippen molar-refractivity contribution in [2.45, 2.75) is 23.6 Å². The molecule has 0 N–H and O–H groups in total. The molecule has 10 nitrogen and oxygen atoms in total. The number of aromatic nitrogens is 2. The van der Waals surface area contributed by atoms with E-state index in [1.54, 1.807) is 60.7 Å². The van der Waals surface area contributed by atoms with Gasteiger partial charge in [-0.05, 0) is 94.7 Å². The van der Waals surface area contributed by atoms with Crippen LogP contribution in [0.25, 0.3) is 97.6 Å². The number of oxazole rings is 2. The second kappa shape index (κ2) is 18.1. The second-order valence-corrected chi connectivity index (χ2v) is 19.7. The van der Waals surface area contributed by atoms with Crippen molar-refractivity contribution in [3.8, 4) is 22.9 Å². The first-order chi connectivity index (χ1) is 33.0. The summed E-state index contributed by atoms with van der Waals surface area (Å²) in [7, 11) is -7.88. The molecule has 12 rings (SSSR count). The molecule has 0 amide bonds. The average molecular weight is 992 g/mol. The zero-order valence-corrected chi connectivity index (χ0v) is 41.8. The Morgan fingerprint density at radius 2 is 0.725 bits per heavy atom. The average Bonchev–Trinajstić information content (AvgIpc) is 4.00. The first-order valence-electron chi connectivity index (χ1n) is 21.7. The van der Waals surface area contributed by atoms with E-state index in [9.17, 15) is 16.8 Å². The molecule has 0 unspecified atom stereocenters. The molecule has 10 aromatic carbocycles. The maximum Gasteiger partial charge on any atom is 2.00 e. The first-order valence-corrected chi connectivity index (χ1v) is 24.6. The number of aryl methyl sites for hydroxylation is 2. The second-order valence-electron chi connectivity index (χ2n) is 16.5. The van der Waals surface area contributed by atoms with Crippen LogP contribution in [0.3, 0.4) is 0 Å². The Morgan fingerprint density at radius 3 is 1.10 bits per heavy atom. The summed E-state index contributed by atoms with van der Waals surface area (Å²) in [6, 6.07) is 59.8. The minimum absolute atomic E-state index is 0. The van der Waals surface area contributed by atoms with Crippen molar-refractivity contribution in [1.82, 2.24) is 9.97 Å². The van der Waals surface area contributed by atoms with Gasteiger partial charge < -0.3 is 18.3 Å². The van der Waals surface area contributed by atoms with Gasteiger partial charge in [0.05, 0.1) is 9.79 Å². The maximum absolute atomic E-state index is 13.2. The van der Waals surface area contributed by atoms with Gasteiger partial charge in [-0.3, -0.25) is 0 Å². The third-order valence-corrected chi connectivity index (χ3v) is 14.4. The molecule has 69 heavy (non-hydrogen) atoms. The topological polar surface area (TPSA) is 149 Å². The first kappa shape index (κ1) is 45.1. The van der Waals surface area contributed by atoms with Crippen molar-refractivity contribution in [3.05, 3.63) is 215 Å². The SMILES string of the molecule is Cc1ccc(S(=O)(=O)[N-]c2cc3ccccc3cc2-c2nc3ccc4ccccc4c3o2)cc1.Cc1ccc(S(=O)(=O)[N-]c2cc3ccccc3cc2-c2nc3ccc4ccccc4c3o2)cc1.[Zn+2]. The fourth-order valence-corrected chi connectivity index (χ4v) is 10.3. The van der Waals surface area contributed by atoms with Gasteiger partial charge in [0, 0.05) is 21.9 Å². The third kappa shape index (κ3) is 8.84. The number of benzene rings is 10. The van der Waals surface area contributed by atoms with Gasteiger partial charge in [-0.1, -0.05) is 157 Å². The van der Waals surface area contributed by atoms with Crippen LogP contribution in [0, 0.1) is 13.8 Å². The van der Waals surface area contributed by atoms with Crippen molar-refractivity contribution in [2.75, 3.05) is 0 Å². The van der Waals surface area contributed by atoms with Gasteiger partial charge in [-0.25, -0.2) is 26.8 Å². The van der Waals surface area contributed by atoms with Gasteiger partial charge in [0.25, 0.3) is 0 Å². The number of hydrogen-bond donors (Lipinski definition) is 0. The summed E-state index contributed by atoms with van der Waals surface area (Å²) >= 11 is 0. The van der Waals surface area contributed by atoms with Crippen LogP contribution in [0.15, 0.2) is 213 Å². The van der Waals surface area contributed by atoms with Gasteiger partial charge in [0.2, 0.25) is 11.8 Å². The molecule has 0 bridgehead atoms. The van der Waals surface area contributed by atoms with Gasteiger partial charge >= 0.3 is 19.5 Å². The predicted octanol–water partition coefficient (Wildman–Crippen LogP) is 15.0. The van der Waals surface area contributed by atoms with Gasteiger partial charge in [-0.2, -0.15) is 0 Å². The minimum Gasteiger partial charge on any atom is -0.572 e. The zero-order valence-electron chi connectivity index (χ0n) is 37.2. The van der Waals surface area contributed by atoms with E-state index in [2.05, 4.69) is 9.44 Å². The molecule has 13 heteroatoms. The number of hydrogen-bond acceptors (Lipinski definition) is 8. The van der Waals surface area contributed by atoms with Gasteiger partial charge in [0.1, 0.15) is 31.1 Å². The number of nitrogens with zero attached hydrogens (tertiary/aromatic N) is 4. The molecule has 0 saturated carbocycles. The summed E-state index contributed by atoms with van der Waals surface area (Å²) in [5.41, 5.74) is 6.30. The van der Waals surface area contributed by atoms with Crippen molar-refractivity contribution in [3.63, 3.8) is 0 Å². The Morgan fingerprint density at radius 1 is 0.391 bits per heavy atom. The maximum atomic E-state index is 13.2. The van der Waals surface area contributed by atoms with Crippen LogP contribution in [-0.4, -0.2) is 26.8 Å². The van der Waals surface area contributed by atoms with E-state index >= 15 is 0 Å². The van der Waals surface area contributed by atoms with E-state index in [1.807, 2.05) is 147 Å². The van der Waals surface area contributed by atoms with Crippen LogP contribution < -0.4 is 0 Å². The van der Waals surface area contributed by atoms with Gasteiger partial charge in [0.15, 0.2) is 11.2 Å². The number of sulfonamides is 2. The van der Waals surface area contributed by atoms with Crippen molar-refractivity contribution in [1.29, 1.82) is 0 Å². The van der Waals surface area contributed by atoms with Gasteiger partial charge in [-0.15, -0.1) is 11.4 Å². The molecule has 332 valence electrons. The molecule has 0 radical (unpaired) electrons. The molecule has 0 aliphatic rings. The Bertz CT molecular complexity index is 3890. The van der Waals surface area contributed by atoms with Crippen molar-refractivity contribution >= 4 is 96.7 Å². The fourth-order valence-electron chi connectivity index (χ4n) is 8.28. The molecule has 12 aromatic rings. The summed E-state index contributed by atoms with van der Waals surface area (Å²) in [4.78, 5) is 9.67. The van der Waals surface area contributed by atoms with Crippen LogP contribution >= 0.6 is 0 Å². The Kier molecular flexibility index (Phi) is 11.8. The summed E-state index contributed by atoms with van der Waals surface area (Å²) in [6.45, 7) is 3.82. The molecule has 0 atom stereocenters. The van der Waals surface area contributed by atoms with Crippen LogP contribution in [-0.2, 0) is 39.5 Å². The standard InChI is InChI=1S/2C28H19N2O3S.Zn/c2*1-18-10-13-22(14-11-18)34(31,32)30-26-17-21-8-3-2-7-20(21)16-24(26)28-29-25-15-12-19-6-4-5-9-23(19)27(25)33-28;/h2*2-17H,1H3;/q2*-1;+2. The summed E-state index contributed by atoms with van der Waals surface area (Å²) in [5.74, 6) is 0.657. The zero-order chi connectivity index (χ0) is 46.6. The van der Waals surface area contributed by atoms with E-state index in [1.165, 1.54) is 0 Å². The molecule has 2 heterocycles. The summed E-state index contributed by atoms with van der Waals surface area (Å²) < 4.78 is 73.5. The van der Waals surface area contributed by atoms with Crippen molar-refractivity contribution in [2.24, 2.45) is 0 Å². The number of rotatable bonds is 8. The van der Waals surface area contributed by atoms with E-state index in [4.69, 9.17) is 18.8 Å². The number of fused-ring (bicyclic) bond motifs is 8. The molecule has 0 fully saturated rings. The molecule has 0 aliphatic carbocycles. The van der Waals surface area contributed by atoms with E-state index in [0.29, 0.717) is 45.1 Å². The fraction of sp³-hybridized carbons (Fsp3) is 0.0357. The molecular weight excluding hydrogens is 954 g/mol. The van der Waals surface area contributed by atoms with Crippen LogP contribution in [0.5, 0.6) is 0 Å². The van der Waals surface area contributed by atoms with E-state index in [-0.39, 0.29) is 40.6 Å². The largest absolute Gasteiger partial charge is 2.00 e. The Balaban J connectivity index is 0.000000158. The van der Waals surface area contributed by atoms with Crippen LogP contribution in [0.4, 0.5) is 11.4 Å². The van der Waals surface area contributed by atoms with Crippen LogP contribution in [0.2, 0.25) is 0 Å². The van der Waals surface area contributed by atoms with Crippen molar-refractivity contribution < 1.29 is 45.1 Å². The Labute approximate surface area is 410 Å². The quantitative estimate of drug-likeness (QED) is 0.137. The molecular formula is C56H38N4O6S2Zn. The minimum atomic E-state index is -3.94. The monoisotopic (exact) mass is 990 g/mol. The van der Waals surface area contributed by atoms with E-state index < -0.39 is 20.0 Å². The summed E-state index contributed by atoms with van der Waals surface area (Å²) in [5, 5.41) is 7.63. The van der Waals surface area contributed by atoms with Crippen LogP contribution in [0.1, 0.15) is 11.1 Å². The predicted molar refractivity (Wildman–Crippen MR) is 272 cm³/mol. The molecule has 2 aromatic heterocycles. The Hall–Kier alpha value is -7.70. The smallest absolute Gasteiger partial charge is 0.572 e. The molecule has 0 saturated heterocycles. The van der Waals surface area contributed by atoms with E-state index in [0.717, 1.165) is 54.2 Å². The molecule has 0 aliphatic heterocycles. The third-order valence-electron chi connectivity index (χ3n) is 11.8. The molecule has 0 spiro atoms. The normalized spacial score (nSPS) is 11.7.